The first-order valence-corrected chi connectivity index (χ1v) is 17.2. The SMILES string of the molecule is Cc1cccc(C)c1-c1ccc2c(c1)c1ccc(Oc3[c-]c4c(cc3)c3c(-c5c(C)cccc5C)cccc3n3ccnc43)[c-]c1c1nccn21.[Pt+2]. The van der Waals surface area contributed by atoms with Gasteiger partial charge >= 0.3 is 21.1 Å². The normalized spacial score (nSPS) is 11.7. The fourth-order valence-corrected chi connectivity index (χ4v) is 8.20. The zero-order valence-electron chi connectivity index (χ0n) is 29.1. The van der Waals surface area contributed by atoms with Crippen molar-refractivity contribution < 1.29 is 25.8 Å². The third kappa shape index (κ3) is 4.80. The summed E-state index contributed by atoms with van der Waals surface area (Å²) >= 11 is 0. The summed E-state index contributed by atoms with van der Waals surface area (Å²) in [5.41, 5.74) is 13.8. The Morgan fingerprint density at radius 2 is 1.10 bits per heavy atom. The summed E-state index contributed by atoms with van der Waals surface area (Å²) in [4.78, 5) is 9.53. The van der Waals surface area contributed by atoms with Crippen LogP contribution in [0.5, 0.6) is 11.5 Å². The molecule has 6 aromatic carbocycles. The molecular formula is C46H32N4OPt. The fraction of sp³-hybridized carbons (Fsp3) is 0.0870. The van der Waals surface area contributed by atoms with Crippen molar-refractivity contribution in [3.8, 4) is 33.8 Å². The van der Waals surface area contributed by atoms with E-state index in [1.54, 1.807) is 0 Å². The summed E-state index contributed by atoms with van der Waals surface area (Å²) in [5.74, 6) is 1.20. The Kier molecular flexibility index (Phi) is 7.53. The van der Waals surface area contributed by atoms with Crippen LogP contribution >= 0.6 is 0 Å². The number of pyridine rings is 2. The average Bonchev–Trinajstić information content (AvgIpc) is 3.83. The third-order valence-electron chi connectivity index (χ3n) is 10.4. The molecule has 5 nitrogen and oxygen atoms in total. The van der Waals surface area contributed by atoms with Gasteiger partial charge < -0.3 is 13.5 Å². The number of hydrogen-bond acceptors (Lipinski definition) is 3. The molecule has 0 fully saturated rings. The van der Waals surface area contributed by atoms with Crippen molar-refractivity contribution >= 4 is 54.6 Å². The van der Waals surface area contributed by atoms with Crippen LogP contribution in [-0.2, 0) is 21.1 Å². The van der Waals surface area contributed by atoms with E-state index in [-0.39, 0.29) is 21.1 Å². The van der Waals surface area contributed by atoms with Gasteiger partial charge in [-0.1, -0.05) is 106 Å². The van der Waals surface area contributed by atoms with E-state index >= 15 is 0 Å². The molecule has 0 unspecified atom stereocenters. The van der Waals surface area contributed by atoms with Gasteiger partial charge in [-0.2, -0.15) is 0 Å². The second-order valence-corrected chi connectivity index (χ2v) is 13.5. The topological polar surface area (TPSA) is 43.8 Å². The molecule has 4 aromatic heterocycles. The molecule has 0 saturated carbocycles. The number of fused-ring (bicyclic) bond motifs is 12. The standard InChI is InChI=1S/C46H32N4O.Pt/c1-27-8-5-9-28(2)42(27)31-14-19-40-37(24-31)34-17-15-32(25-38(34)45-47-20-22-49(40)45)51-33-16-18-35-39(26-33)46-48-21-23-50(46)41-13-7-12-36(44(35)41)43-29(3)10-6-11-30(43)4;/h5-24H,1-4H3;/q-2;+2. The van der Waals surface area contributed by atoms with Crippen molar-refractivity contribution in [2.75, 3.05) is 0 Å². The number of benzene rings is 6. The van der Waals surface area contributed by atoms with Crippen molar-refractivity contribution in [1.29, 1.82) is 0 Å². The van der Waals surface area contributed by atoms with E-state index in [2.05, 4.69) is 134 Å². The molecule has 0 amide bonds. The number of hydrogen-bond donors (Lipinski definition) is 0. The molecule has 0 N–H and O–H groups in total. The van der Waals surface area contributed by atoms with E-state index in [0.29, 0.717) is 11.5 Å². The quantitative estimate of drug-likeness (QED) is 0.131. The van der Waals surface area contributed by atoms with E-state index in [1.807, 2.05) is 36.9 Å². The largest absolute Gasteiger partial charge is 2.00 e. The van der Waals surface area contributed by atoms with Crippen molar-refractivity contribution in [3.05, 3.63) is 156 Å². The Hall–Kier alpha value is -5.77. The van der Waals surface area contributed by atoms with Gasteiger partial charge in [0, 0.05) is 47.3 Å². The minimum Gasteiger partial charge on any atom is -0.497 e. The average molecular weight is 852 g/mol. The van der Waals surface area contributed by atoms with Gasteiger partial charge in [0.15, 0.2) is 0 Å². The Morgan fingerprint density at radius 3 is 1.75 bits per heavy atom. The smallest absolute Gasteiger partial charge is 0.497 e. The van der Waals surface area contributed by atoms with Crippen LogP contribution in [0.15, 0.2) is 122 Å². The van der Waals surface area contributed by atoms with Gasteiger partial charge in [-0.15, -0.1) is 12.1 Å². The molecule has 0 radical (unpaired) electrons. The number of nitrogens with zero attached hydrogens (tertiary/aromatic N) is 4. The zero-order valence-corrected chi connectivity index (χ0v) is 31.3. The number of imidazole rings is 2. The van der Waals surface area contributed by atoms with Gasteiger partial charge in [-0.05, 0) is 95.1 Å². The molecule has 0 aliphatic heterocycles. The Morgan fingerprint density at radius 1 is 0.538 bits per heavy atom. The Labute approximate surface area is 315 Å². The van der Waals surface area contributed by atoms with Crippen LogP contribution in [0.25, 0.3) is 76.9 Å². The van der Waals surface area contributed by atoms with E-state index in [0.717, 1.165) is 49.3 Å². The van der Waals surface area contributed by atoms with Crippen LogP contribution in [0.1, 0.15) is 22.3 Å². The van der Waals surface area contributed by atoms with Crippen LogP contribution < -0.4 is 4.74 Å². The molecule has 10 rings (SSSR count). The molecule has 0 bridgehead atoms. The Bertz CT molecular complexity index is 3020. The summed E-state index contributed by atoms with van der Waals surface area (Å²) in [6.45, 7) is 8.71. The summed E-state index contributed by atoms with van der Waals surface area (Å²) in [5, 5.41) is 6.29. The molecule has 6 heteroatoms. The maximum absolute atomic E-state index is 6.56. The molecular weight excluding hydrogens is 820 g/mol. The summed E-state index contributed by atoms with van der Waals surface area (Å²) < 4.78 is 10.9. The first kappa shape index (κ1) is 32.2. The van der Waals surface area contributed by atoms with Crippen LogP contribution in [0.4, 0.5) is 0 Å². The van der Waals surface area contributed by atoms with Gasteiger partial charge in [-0.3, -0.25) is 9.97 Å². The van der Waals surface area contributed by atoms with E-state index in [1.165, 1.54) is 49.9 Å². The molecule has 0 atom stereocenters. The Balaban J connectivity index is 0.00000360. The van der Waals surface area contributed by atoms with E-state index in [4.69, 9.17) is 14.7 Å². The molecule has 0 aliphatic carbocycles. The van der Waals surface area contributed by atoms with Crippen LogP contribution in [-0.4, -0.2) is 18.8 Å². The minimum atomic E-state index is 0. The summed E-state index contributed by atoms with van der Waals surface area (Å²) in [6.07, 6.45) is 7.74. The van der Waals surface area contributed by atoms with Gasteiger partial charge in [-0.25, -0.2) is 0 Å². The monoisotopic (exact) mass is 851 g/mol. The molecule has 4 heterocycles. The fourth-order valence-electron chi connectivity index (χ4n) is 8.20. The van der Waals surface area contributed by atoms with Gasteiger partial charge in [0.1, 0.15) is 0 Å². The van der Waals surface area contributed by atoms with Gasteiger partial charge in [0.25, 0.3) is 0 Å². The van der Waals surface area contributed by atoms with Crippen molar-refractivity contribution in [2.24, 2.45) is 0 Å². The van der Waals surface area contributed by atoms with Crippen LogP contribution in [0, 0.1) is 39.8 Å². The predicted octanol–water partition coefficient (Wildman–Crippen LogP) is 11.6. The maximum atomic E-state index is 6.56. The van der Waals surface area contributed by atoms with E-state index in [9.17, 15) is 0 Å². The molecule has 0 spiro atoms. The summed E-state index contributed by atoms with van der Waals surface area (Å²) in [7, 11) is 0. The minimum absolute atomic E-state index is 0. The van der Waals surface area contributed by atoms with Crippen molar-refractivity contribution in [3.63, 3.8) is 0 Å². The molecule has 252 valence electrons. The third-order valence-corrected chi connectivity index (χ3v) is 10.4. The number of aryl methyl sites for hydroxylation is 4. The second-order valence-electron chi connectivity index (χ2n) is 13.5. The number of ether oxygens (including phenoxy) is 1. The maximum Gasteiger partial charge on any atom is 2.00 e. The molecule has 0 saturated heterocycles. The number of aromatic nitrogens is 4. The molecule has 52 heavy (non-hydrogen) atoms. The summed E-state index contributed by atoms with van der Waals surface area (Å²) in [6, 6.07) is 41.6. The predicted molar refractivity (Wildman–Crippen MR) is 208 cm³/mol. The zero-order chi connectivity index (χ0) is 34.4. The van der Waals surface area contributed by atoms with Gasteiger partial charge in [0.2, 0.25) is 0 Å². The van der Waals surface area contributed by atoms with E-state index < -0.39 is 0 Å². The van der Waals surface area contributed by atoms with Crippen LogP contribution in [0.3, 0.4) is 0 Å². The number of rotatable bonds is 4. The molecule has 0 aliphatic rings. The van der Waals surface area contributed by atoms with Crippen molar-refractivity contribution in [2.45, 2.75) is 27.7 Å². The first-order valence-electron chi connectivity index (χ1n) is 17.2. The first-order chi connectivity index (χ1) is 24.9. The van der Waals surface area contributed by atoms with Gasteiger partial charge in [0.05, 0.1) is 11.3 Å². The molecule has 10 aromatic rings. The van der Waals surface area contributed by atoms with Crippen molar-refractivity contribution in [1.82, 2.24) is 18.8 Å². The second kappa shape index (κ2) is 12.2. The van der Waals surface area contributed by atoms with Crippen LogP contribution in [0.2, 0.25) is 0 Å².